The Kier molecular flexibility index (Phi) is 5.55. The van der Waals surface area contributed by atoms with E-state index in [2.05, 4.69) is 21.2 Å². The summed E-state index contributed by atoms with van der Waals surface area (Å²) in [4.78, 5) is 12.2. The number of nitrogens with one attached hydrogen (secondary N) is 1. The Labute approximate surface area is 132 Å². The first-order chi connectivity index (χ1) is 9.11. The smallest absolute Gasteiger partial charge is 0.251 e. The van der Waals surface area contributed by atoms with E-state index in [1.807, 2.05) is 0 Å². The first-order valence-corrected chi connectivity index (χ1v) is 8.14. The van der Waals surface area contributed by atoms with E-state index >= 15 is 0 Å². The molecule has 0 bridgehead atoms. The van der Waals surface area contributed by atoms with E-state index in [9.17, 15) is 4.79 Å². The average Bonchev–Trinajstić information content (AvgIpc) is 2.42. The summed E-state index contributed by atoms with van der Waals surface area (Å²) >= 11 is 15.3. The Balaban J connectivity index is 2.05. The Hall–Kier alpha value is -0.250. The quantitative estimate of drug-likeness (QED) is 0.778. The Morgan fingerprint density at radius 1 is 1.37 bits per heavy atom. The summed E-state index contributed by atoms with van der Waals surface area (Å²) in [6.45, 7) is 0. The largest absolute Gasteiger partial charge is 0.349 e. The highest BCUT2D eigenvalue weighted by Crippen LogP contribution is 2.27. The molecule has 5 heteroatoms. The van der Waals surface area contributed by atoms with Gasteiger partial charge in [0.05, 0.1) is 5.02 Å². The van der Waals surface area contributed by atoms with Crippen LogP contribution in [0.3, 0.4) is 0 Å². The van der Waals surface area contributed by atoms with Crippen molar-refractivity contribution >= 4 is 45.0 Å². The van der Waals surface area contributed by atoms with Gasteiger partial charge in [-0.1, -0.05) is 24.4 Å². The molecule has 1 saturated carbocycles. The van der Waals surface area contributed by atoms with E-state index < -0.39 is 0 Å². The molecule has 1 N–H and O–H groups in total. The number of hydrogen-bond acceptors (Lipinski definition) is 1. The van der Waals surface area contributed by atoms with Crippen molar-refractivity contribution in [2.24, 2.45) is 5.92 Å². The molecule has 0 radical (unpaired) electrons. The van der Waals surface area contributed by atoms with Crippen LogP contribution in [0.25, 0.3) is 0 Å². The van der Waals surface area contributed by atoms with Crippen molar-refractivity contribution < 1.29 is 4.79 Å². The molecule has 1 aromatic rings. The molecule has 2 unspecified atom stereocenters. The minimum absolute atomic E-state index is 0.0728. The highest BCUT2D eigenvalue weighted by molar-refractivity contribution is 9.10. The van der Waals surface area contributed by atoms with Gasteiger partial charge in [-0.2, -0.15) is 0 Å². The maximum absolute atomic E-state index is 12.2. The summed E-state index contributed by atoms with van der Waals surface area (Å²) in [5.41, 5.74) is 0.590. The molecule has 2 nitrogen and oxygen atoms in total. The molecule has 1 fully saturated rings. The van der Waals surface area contributed by atoms with Crippen LogP contribution in [0.4, 0.5) is 0 Å². The fraction of sp³-hybridized carbons (Fsp3) is 0.500. The van der Waals surface area contributed by atoms with Crippen molar-refractivity contribution in [3.05, 3.63) is 33.3 Å². The Bertz CT molecular complexity index is 467. The van der Waals surface area contributed by atoms with Gasteiger partial charge in [0.15, 0.2) is 0 Å². The second-order valence-corrected chi connectivity index (χ2v) is 6.48. The number of benzene rings is 1. The highest BCUT2D eigenvalue weighted by atomic mass is 79.9. The Morgan fingerprint density at radius 3 is 2.79 bits per heavy atom. The van der Waals surface area contributed by atoms with Crippen LogP contribution in [0, 0.1) is 5.92 Å². The maximum atomic E-state index is 12.2. The molecule has 1 aliphatic carbocycles. The summed E-state index contributed by atoms with van der Waals surface area (Å²) in [6, 6.07) is 5.42. The van der Waals surface area contributed by atoms with Crippen molar-refractivity contribution in [3.8, 4) is 0 Å². The number of halogens is 3. The molecule has 0 spiro atoms. The van der Waals surface area contributed by atoms with E-state index in [1.54, 1.807) is 18.2 Å². The van der Waals surface area contributed by atoms with Crippen molar-refractivity contribution in [3.63, 3.8) is 0 Å². The van der Waals surface area contributed by atoms with E-state index in [1.165, 1.54) is 6.42 Å². The minimum Gasteiger partial charge on any atom is -0.349 e. The first kappa shape index (κ1) is 15.1. The zero-order chi connectivity index (χ0) is 13.8. The van der Waals surface area contributed by atoms with E-state index in [-0.39, 0.29) is 11.9 Å². The maximum Gasteiger partial charge on any atom is 0.251 e. The molecule has 19 heavy (non-hydrogen) atoms. The van der Waals surface area contributed by atoms with E-state index in [4.69, 9.17) is 23.2 Å². The molecule has 0 saturated heterocycles. The third-order valence-corrected chi connectivity index (χ3v) is 5.23. The zero-order valence-electron chi connectivity index (χ0n) is 10.5. The monoisotopic (exact) mass is 363 g/mol. The molecular formula is C14H16BrCl2NO. The average molecular weight is 365 g/mol. The van der Waals surface area contributed by atoms with Crippen LogP contribution >= 0.6 is 39.1 Å². The summed E-state index contributed by atoms with van der Waals surface area (Å²) in [7, 11) is 0. The normalized spacial score (nSPS) is 23.1. The van der Waals surface area contributed by atoms with Crippen LogP contribution in [0.5, 0.6) is 0 Å². The van der Waals surface area contributed by atoms with Crippen LogP contribution < -0.4 is 5.32 Å². The van der Waals surface area contributed by atoms with E-state index in [0.717, 1.165) is 23.7 Å². The van der Waals surface area contributed by atoms with Crippen molar-refractivity contribution in [2.45, 2.75) is 31.7 Å². The number of hydrogen-bond donors (Lipinski definition) is 1. The van der Waals surface area contributed by atoms with Crippen LogP contribution in [0.15, 0.2) is 22.7 Å². The molecule has 104 valence electrons. The molecule has 0 aliphatic heterocycles. The summed E-state index contributed by atoms with van der Waals surface area (Å²) < 4.78 is 0.794. The predicted octanol–water partition coefficient (Wildman–Crippen LogP) is 4.63. The van der Waals surface area contributed by atoms with Crippen LogP contribution in [0.1, 0.15) is 36.0 Å². The third-order valence-electron chi connectivity index (χ3n) is 3.61. The second-order valence-electron chi connectivity index (χ2n) is 4.91. The molecule has 2 atom stereocenters. The molecule has 1 amide bonds. The summed E-state index contributed by atoms with van der Waals surface area (Å²) in [6.07, 6.45) is 4.45. The van der Waals surface area contributed by atoms with Crippen LogP contribution in [-0.2, 0) is 0 Å². The van der Waals surface area contributed by atoms with Gasteiger partial charge >= 0.3 is 0 Å². The topological polar surface area (TPSA) is 29.1 Å². The van der Waals surface area contributed by atoms with Gasteiger partial charge in [-0.25, -0.2) is 0 Å². The number of carbonyl (C=O) groups is 1. The molecule has 1 aliphatic rings. The number of amides is 1. The minimum atomic E-state index is -0.0728. The molecule has 2 rings (SSSR count). The van der Waals surface area contributed by atoms with Gasteiger partial charge in [0.25, 0.3) is 5.91 Å². The molecule has 0 aromatic heterocycles. The summed E-state index contributed by atoms with van der Waals surface area (Å²) in [5, 5.41) is 3.63. The lowest BCUT2D eigenvalue weighted by Crippen LogP contribution is -2.42. The van der Waals surface area contributed by atoms with Gasteiger partial charge in [-0.3, -0.25) is 4.79 Å². The highest BCUT2D eigenvalue weighted by Gasteiger charge is 2.26. The number of alkyl halides is 1. The van der Waals surface area contributed by atoms with Gasteiger partial charge in [0.1, 0.15) is 0 Å². The Morgan fingerprint density at radius 2 is 2.11 bits per heavy atom. The van der Waals surface area contributed by atoms with Gasteiger partial charge < -0.3 is 5.32 Å². The first-order valence-electron chi connectivity index (χ1n) is 6.43. The fourth-order valence-electron chi connectivity index (χ4n) is 2.47. The van der Waals surface area contributed by atoms with Crippen molar-refractivity contribution in [2.75, 3.05) is 5.88 Å². The van der Waals surface area contributed by atoms with Crippen LogP contribution in [0.2, 0.25) is 5.02 Å². The lowest BCUT2D eigenvalue weighted by molar-refractivity contribution is 0.0911. The van der Waals surface area contributed by atoms with Gasteiger partial charge in [-0.15, -0.1) is 11.6 Å². The molecule has 0 heterocycles. The fourth-order valence-corrected chi connectivity index (χ4v) is 3.27. The van der Waals surface area contributed by atoms with Crippen molar-refractivity contribution in [1.29, 1.82) is 0 Å². The lowest BCUT2D eigenvalue weighted by Gasteiger charge is -2.30. The summed E-state index contributed by atoms with van der Waals surface area (Å²) in [5.74, 6) is 0.910. The number of rotatable bonds is 3. The standard InChI is InChI=1S/C14H16BrCl2NO/c15-11-6-5-9(7-12(11)17)14(19)18-13-4-2-1-3-10(13)8-16/h5-7,10,13H,1-4,8H2,(H,18,19). The zero-order valence-corrected chi connectivity index (χ0v) is 13.6. The van der Waals surface area contributed by atoms with Gasteiger partial charge in [0, 0.05) is 22.0 Å². The van der Waals surface area contributed by atoms with E-state index in [0.29, 0.717) is 22.4 Å². The second kappa shape index (κ2) is 6.96. The molecular weight excluding hydrogens is 349 g/mol. The predicted molar refractivity (Wildman–Crippen MR) is 83.1 cm³/mol. The van der Waals surface area contributed by atoms with Crippen molar-refractivity contribution in [1.82, 2.24) is 5.32 Å². The van der Waals surface area contributed by atoms with Gasteiger partial charge in [-0.05, 0) is 52.9 Å². The third kappa shape index (κ3) is 3.87. The SMILES string of the molecule is O=C(NC1CCCCC1CCl)c1ccc(Br)c(Cl)c1. The number of carbonyl (C=O) groups excluding carboxylic acids is 1. The molecule has 1 aromatic carbocycles. The lowest BCUT2D eigenvalue weighted by atomic mass is 9.85. The van der Waals surface area contributed by atoms with Crippen LogP contribution in [-0.4, -0.2) is 17.8 Å². The van der Waals surface area contributed by atoms with Gasteiger partial charge in [0.2, 0.25) is 0 Å².